The molecule has 3 aromatic rings. The smallest absolute Gasteiger partial charge is 0.270 e. The predicted octanol–water partition coefficient (Wildman–Crippen LogP) is 5.14. The second-order valence-electron chi connectivity index (χ2n) is 6.45. The fraction of sp³-hybridized carbons (Fsp3) is 0.368. The molecule has 1 saturated heterocycles. The topological polar surface area (TPSA) is 45.7 Å². The van der Waals surface area contributed by atoms with E-state index in [4.69, 9.17) is 16.3 Å². The highest BCUT2D eigenvalue weighted by Gasteiger charge is 2.23. The maximum Gasteiger partial charge on any atom is 0.270 e. The molecule has 1 amide bonds. The Morgan fingerprint density at radius 1 is 1.25 bits per heavy atom. The molecule has 0 atom stereocenters. The summed E-state index contributed by atoms with van der Waals surface area (Å²) in [5.41, 5.74) is 0.752. The number of aromatic nitrogens is 1. The van der Waals surface area contributed by atoms with Gasteiger partial charge in [0.15, 0.2) is 5.13 Å². The highest BCUT2D eigenvalue weighted by molar-refractivity contribution is 9.11. The fourth-order valence-corrected chi connectivity index (χ4v) is 5.77. The molecular weight excluding hydrogens is 482 g/mol. The van der Waals surface area contributed by atoms with Crippen molar-refractivity contribution >= 4 is 71.5 Å². The van der Waals surface area contributed by atoms with Crippen LogP contribution in [0.15, 0.2) is 34.1 Å². The van der Waals surface area contributed by atoms with Gasteiger partial charge in [-0.2, -0.15) is 0 Å². The number of amides is 1. The first-order valence-electron chi connectivity index (χ1n) is 9.04. The maximum absolute atomic E-state index is 13.2. The Labute approximate surface area is 185 Å². The number of carbonyl (C=O) groups is 1. The number of nitrogens with zero attached hydrogens (tertiary/aromatic N) is 3. The molecule has 3 heterocycles. The van der Waals surface area contributed by atoms with Crippen LogP contribution in [-0.4, -0.2) is 55.2 Å². The minimum Gasteiger partial charge on any atom is -0.379 e. The van der Waals surface area contributed by atoms with Gasteiger partial charge in [0, 0.05) is 26.2 Å². The van der Waals surface area contributed by atoms with Gasteiger partial charge in [-0.3, -0.25) is 14.6 Å². The lowest BCUT2D eigenvalue weighted by Gasteiger charge is -2.27. The number of thiophene rings is 1. The van der Waals surface area contributed by atoms with Crippen LogP contribution in [0.5, 0.6) is 0 Å². The average Bonchev–Trinajstić information content (AvgIpc) is 3.33. The number of benzene rings is 1. The SMILES string of the molecule is O=C(c1ccc(Br)s1)N(CCCN1CCOCC1)c1nc2c(Cl)cccc2s1. The molecule has 1 fully saturated rings. The van der Waals surface area contributed by atoms with E-state index in [0.717, 1.165) is 53.3 Å². The van der Waals surface area contributed by atoms with Crippen molar-refractivity contribution in [2.75, 3.05) is 44.3 Å². The van der Waals surface area contributed by atoms with Crippen molar-refractivity contribution in [3.8, 4) is 0 Å². The molecule has 0 aliphatic carbocycles. The number of rotatable bonds is 6. The fourth-order valence-electron chi connectivity index (χ4n) is 3.14. The van der Waals surface area contributed by atoms with E-state index in [-0.39, 0.29) is 5.91 Å². The van der Waals surface area contributed by atoms with Crippen molar-refractivity contribution in [1.29, 1.82) is 0 Å². The molecule has 2 aromatic heterocycles. The summed E-state index contributed by atoms with van der Waals surface area (Å²) in [7, 11) is 0. The molecule has 9 heteroatoms. The van der Waals surface area contributed by atoms with Gasteiger partial charge in [-0.05, 0) is 46.6 Å². The first-order valence-corrected chi connectivity index (χ1v) is 11.8. The van der Waals surface area contributed by atoms with Crippen LogP contribution >= 0.6 is 50.2 Å². The quantitative estimate of drug-likeness (QED) is 0.470. The van der Waals surface area contributed by atoms with Crippen molar-refractivity contribution in [1.82, 2.24) is 9.88 Å². The van der Waals surface area contributed by atoms with Gasteiger partial charge in [-0.15, -0.1) is 11.3 Å². The zero-order valence-corrected chi connectivity index (χ0v) is 19.0. The molecule has 1 aromatic carbocycles. The van der Waals surface area contributed by atoms with Gasteiger partial charge in [-0.25, -0.2) is 4.98 Å². The van der Waals surface area contributed by atoms with E-state index < -0.39 is 0 Å². The summed E-state index contributed by atoms with van der Waals surface area (Å²) in [6.45, 7) is 5.01. The van der Waals surface area contributed by atoms with Gasteiger partial charge in [0.2, 0.25) is 0 Å². The zero-order valence-electron chi connectivity index (χ0n) is 15.1. The van der Waals surface area contributed by atoms with Crippen molar-refractivity contribution in [2.24, 2.45) is 0 Å². The number of thiazole rings is 1. The van der Waals surface area contributed by atoms with Crippen LogP contribution in [-0.2, 0) is 4.74 Å². The summed E-state index contributed by atoms with van der Waals surface area (Å²) in [4.78, 5) is 22.8. The van der Waals surface area contributed by atoms with E-state index in [9.17, 15) is 4.79 Å². The molecule has 0 bridgehead atoms. The largest absolute Gasteiger partial charge is 0.379 e. The van der Waals surface area contributed by atoms with Crippen LogP contribution in [0.1, 0.15) is 16.1 Å². The normalized spacial score (nSPS) is 15.2. The van der Waals surface area contributed by atoms with Crippen LogP contribution in [0.25, 0.3) is 10.2 Å². The number of halogens is 2. The number of anilines is 1. The number of hydrogen-bond donors (Lipinski definition) is 0. The summed E-state index contributed by atoms with van der Waals surface area (Å²) in [6, 6.07) is 9.48. The highest BCUT2D eigenvalue weighted by Crippen LogP contribution is 2.34. The Morgan fingerprint density at radius 3 is 2.79 bits per heavy atom. The van der Waals surface area contributed by atoms with Crippen molar-refractivity contribution in [2.45, 2.75) is 6.42 Å². The average molecular weight is 501 g/mol. The number of ether oxygens (including phenoxy) is 1. The van der Waals surface area contributed by atoms with Gasteiger partial charge in [0.05, 0.1) is 31.6 Å². The molecule has 0 radical (unpaired) electrons. The maximum atomic E-state index is 13.2. The second-order valence-corrected chi connectivity index (χ2v) is 10.3. The standard InChI is InChI=1S/C19H19BrClN3O2S2/c20-16-6-5-15(27-16)18(25)24(8-2-7-23-9-11-26-12-10-23)19-22-17-13(21)3-1-4-14(17)28-19/h1,3-6H,2,7-12H2. The first-order chi connectivity index (χ1) is 13.6. The van der Waals surface area contributed by atoms with Gasteiger partial charge in [0.1, 0.15) is 5.52 Å². The molecule has 0 saturated carbocycles. The Bertz CT molecular complexity index is 971. The minimum atomic E-state index is -0.0205. The Balaban J connectivity index is 1.56. The van der Waals surface area contributed by atoms with E-state index in [2.05, 4.69) is 25.8 Å². The molecule has 5 nitrogen and oxygen atoms in total. The van der Waals surface area contributed by atoms with Crippen LogP contribution in [0, 0.1) is 0 Å². The van der Waals surface area contributed by atoms with E-state index >= 15 is 0 Å². The molecule has 0 spiro atoms. The zero-order chi connectivity index (χ0) is 19.5. The van der Waals surface area contributed by atoms with E-state index in [1.165, 1.54) is 22.7 Å². The van der Waals surface area contributed by atoms with Crippen molar-refractivity contribution in [3.05, 3.63) is 44.0 Å². The molecule has 0 N–H and O–H groups in total. The highest BCUT2D eigenvalue weighted by atomic mass is 79.9. The van der Waals surface area contributed by atoms with Crippen LogP contribution in [0.2, 0.25) is 5.02 Å². The lowest BCUT2D eigenvalue weighted by molar-refractivity contribution is 0.0376. The molecule has 148 valence electrons. The number of fused-ring (bicyclic) bond motifs is 1. The van der Waals surface area contributed by atoms with Crippen molar-refractivity contribution < 1.29 is 9.53 Å². The van der Waals surface area contributed by atoms with Crippen LogP contribution in [0.3, 0.4) is 0 Å². The molecule has 1 aliphatic heterocycles. The van der Waals surface area contributed by atoms with Gasteiger partial charge < -0.3 is 4.74 Å². The van der Waals surface area contributed by atoms with Crippen molar-refractivity contribution in [3.63, 3.8) is 0 Å². The summed E-state index contributed by atoms with van der Waals surface area (Å²) in [5, 5.41) is 1.30. The molecule has 4 rings (SSSR count). The van der Waals surface area contributed by atoms with Gasteiger partial charge >= 0.3 is 0 Å². The van der Waals surface area contributed by atoms with E-state index in [1.807, 2.05) is 30.3 Å². The second kappa shape index (κ2) is 9.19. The third-order valence-electron chi connectivity index (χ3n) is 4.58. The summed E-state index contributed by atoms with van der Waals surface area (Å²) < 4.78 is 7.34. The lowest BCUT2D eigenvalue weighted by Crippen LogP contribution is -2.39. The number of para-hydroxylation sites is 1. The van der Waals surface area contributed by atoms with Crippen LogP contribution in [0.4, 0.5) is 5.13 Å². The Kier molecular flexibility index (Phi) is 6.65. The van der Waals surface area contributed by atoms with Gasteiger partial charge in [-0.1, -0.05) is 29.0 Å². The predicted molar refractivity (Wildman–Crippen MR) is 120 cm³/mol. The van der Waals surface area contributed by atoms with Gasteiger partial charge in [0.25, 0.3) is 5.91 Å². The minimum absolute atomic E-state index is 0.0205. The van der Waals surface area contributed by atoms with Crippen LogP contribution < -0.4 is 4.90 Å². The summed E-state index contributed by atoms with van der Waals surface area (Å²) >= 11 is 12.7. The third-order valence-corrected chi connectivity index (χ3v) is 7.54. The Morgan fingerprint density at radius 2 is 2.07 bits per heavy atom. The number of hydrogen-bond acceptors (Lipinski definition) is 6. The Hall–Kier alpha value is -1.03. The third kappa shape index (κ3) is 4.58. The van der Waals surface area contributed by atoms with E-state index in [0.29, 0.717) is 21.6 Å². The lowest BCUT2D eigenvalue weighted by atomic mass is 10.3. The molecule has 0 unspecified atom stereocenters. The first kappa shape index (κ1) is 20.3. The molecule has 1 aliphatic rings. The number of morpholine rings is 1. The molecular formula is C19H19BrClN3O2S2. The summed E-state index contributed by atoms with van der Waals surface area (Å²) in [5.74, 6) is -0.0205. The monoisotopic (exact) mass is 499 g/mol. The molecule has 28 heavy (non-hydrogen) atoms. The van der Waals surface area contributed by atoms with E-state index in [1.54, 1.807) is 4.90 Å². The summed E-state index contributed by atoms with van der Waals surface area (Å²) in [6.07, 6.45) is 0.877. The number of carbonyl (C=O) groups excluding carboxylic acids is 1.